The average Bonchev–Trinajstić information content (AvgIpc) is 2.03. The maximum Gasteiger partial charge on any atom is 0.127 e. The molecule has 0 N–H and O–H groups in total. The molecule has 0 aromatic heterocycles. The second kappa shape index (κ2) is 3.36. The fourth-order valence-electron chi connectivity index (χ4n) is 1.05. The number of hydrogen-bond donors (Lipinski definition) is 0. The van der Waals surface area contributed by atoms with Gasteiger partial charge in [-0.3, -0.25) is 0 Å². The number of nitrogens with zero attached hydrogens (tertiary/aromatic N) is 1. The van der Waals surface area contributed by atoms with Crippen molar-refractivity contribution in [1.29, 1.82) is 5.26 Å². The molecule has 1 aromatic rings. The highest BCUT2D eigenvalue weighted by atomic mass is 19.1. The molecule has 1 rings (SSSR count). The number of benzene rings is 1. The van der Waals surface area contributed by atoms with E-state index in [4.69, 9.17) is 5.26 Å². The molecule has 0 spiro atoms. The van der Waals surface area contributed by atoms with E-state index in [2.05, 4.69) is 0 Å². The van der Waals surface area contributed by atoms with Crippen molar-refractivity contribution in [2.45, 2.75) is 19.8 Å². The first-order valence-electron chi connectivity index (χ1n) is 3.81. The van der Waals surface area contributed by atoms with Gasteiger partial charge in [0.15, 0.2) is 0 Å². The van der Waals surface area contributed by atoms with Crippen LogP contribution in [0.2, 0.25) is 0 Å². The van der Waals surface area contributed by atoms with Crippen molar-refractivity contribution in [2.24, 2.45) is 0 Å². The first-order chi connectivity index (χ1) is 5.65. The Morgan fingerprint density at radius 2 is 2.17 bits per heavy atom. The largest absolute Gasteiger partial charge is 0.207 e. The van der Waals surface area contributed by atoms with Gasteiger partial charge in [0.25, 0.3) is 0 Å². The highest BCUT2D eigenvalue weighted by Gasteiger charge is 2.08. The third kappa shape index (κ3) is 1.62. The van der Waals surface area contributed by atoms with Gasteiger partial charge in [0.1, 0.15) is 5.82 Å². The van der Waals surface area contributed by atoms with Crippen molar-refractivity contribution in [3.8, 4) is 6.07 Å². The van der Waals surface area contributed by atoms with Crippen molar-refractivity contribution < 1.29 is 4.39 Å². The standard InChI is InChI=1S/C10H10FN/c1-7-3-4-9(8(2)6-12)10(11)5-7/h3-5,8H,1-2H3. The van der Waals surface area contributed by atoms with Crippen molar-refractivity contribution in [3.63, 3.8) is 0 Å². The zero-order valence-electron chi connectivity index (χ0n) is 7.13. The van der Waals surface area contributed by atoms with Crippen molar-refractivity contribution in [2.75, 3.05) is 0 Å². The molecule has 0 aliphatic carbocycles. The molecule has 2 heteroatoms. The van der Waals surface area contributed by atoms with Gasteiger partial charge in [-0.15, -0.1) is 0 Å². The normalized spacial score (nSPS) is 12.2. The first kappa shape index (κ1) is 8.73. The van der Waals surface area contributed by atoms with Crippen molar-refractivity contribution in [1.82, 2.24) is 0 Å². The van der Waals surface area contributed by atoms with Crippen LogP contribution < -0.4 is 0 Å². The van der Waals surface area contributed by atoms with Gasteiger partial charge in [-0.1, -0.05) is 12.1 Å². The highest BCUT2D eigenvalue weighted by molar-refractivity contribution is 5.29. The summed E-state index contributed by atoms with van der Waals surface area (Å²) in [6.45, 7) is 3.51. The van der Waals surface area contributed by atoms with Gasteiger partial charge in [-0.2, -0.15) is 5.26 Å². The number of rotatable bonds is 1. The van der Waals surface area contributed by atoms with Crippen molar-refractivity contribution in [3.05, 3.63) is 35.1 Å². The van der Waals surface area contributed by atoms with Crippen LogP contribution in [0, 0.1) is 24.1 Å². The Hall–Kier alpha value is -1.36. The van der Waals surface area contributed by atoms with E-state index in [1.807, 2.05) is 19.1 Å². The smallest absolute Gasteiger partial charge is 0.127 e. The van der Waals surface area contributed by atoms with Gasteiger partial charge in [0.2, 0.25) is 0 Å². The molecule has 0 radical (unpaired) electrons. The van der Waals surface area contributed by atoms with E-state index >= 15 is 0 Å². The highest BCUT2D eigenvalue weighted by Crippen LogP contribution is 2.18. The lowest BCUT2D eigenvalue weighted by molar-refractivity contribution is 0.605. The van der Waals surface area contributed by atoms with Crippen LogP contribution >= 0.6 is 0 Å². The first-order valence-corrected chi connectivity index (χ1v) is 3.81. The topological polar surface area (TPSA) is 23.8 Å². The molecule has 0 saturated heterocycles. The van der Waals surface area contributed by atoms with E-state index in [0.29, 0.717) is 5.56 Å². The summed E-state index contributed by atoms with van der Waals surface area (Å²) in [5, 5.41) is 8.57. The zero-order valence-corrected chi connectivity index (χ0v) is 7.13. The SMILES string of the molecule is Cc1ccc(C(C)C#N)c(F)c1. The monoisotopic (exact) mass is 163 g/mol. The minimum absolute atomic E-state index is 0.288. The Kier molecular flexibility index (Phi) is 2.44. The minimum Gasteiger partial charge on any atom is -0.207 e. The maximum atomic E-state index is 13.1. The van der Waals surface area contributed by atoms with E-state index < -0.39 is 0 Å². The number of nitriles is 1. The van der Waals surface area contributed by atoms with Gasteiger partial charge >= 0.3 is 0 Å². The maximum absolute atomic E-state index is 13.1. The van der Waals surface area contributed by atoms with E-state index in [0.717, 1.165) is 5.56 Å². The lowest BCUT2D eigenvalue weighted by Crippen LogP contribution is -1.94. The fraction of sp³-hybridized carbons (Fsp3) is 0.300. The molecule has 0 fully saturated rings. The van der Waals surface area contributed by atoms with Gasteiger partial charge in [0, 0.05) is 5.56 Å². The third-order valence-corrected chi connectivity index (χ3v) is 1.82. The minimum atomic E-state index is -0.370. The van der Waals surface area contributed by atoms with Crippen molar-refractivity contribution >= 4 is 0 Å². The zero-order chi connectivity index (χ0) is 9.14. The van der Waals surface area contributed by atoms with E-state index in [1.165, 1.54) is 6.07 Å². The van der Waals surface area contributed by atoms with Crippen LogP contribution in [-0.2, 0) is 0 Å². The lowest BCUT2D eigenvalue weighted by Gasteiger charge is -2.04. The molecule has 0 aliphatic rings. The summed E-state index contributed by atoms with van der Waals surface area (Å²) < 4.78 is 13.1. The Morgan fingerprint density at radius 1 is 1.50 bits per heavy atom. The van der Waals surface area contributed by atoms with Crippen LogP contribution in [0.4, 0.5) is 4.39 Å². The number of hydrogen-bond acceptors (Lipinski definition) is 1. The second-order valence-corrected chi connectivity index (χ2v) is 2.88. The molecule has 0 heterocycles. The van der Waals surface area contributed by atoms with E-state index in [9.17, 15) is 4.39 Å². The molecule has 12 heavy (non-hydrogen) atoms. The summed E-state index contributed by atoms with van der Waals surface area (Å²) in [7, 11) is 0. The number of aryl methyl sites for hydroxylation is 1. The summed E-state index contributed by atoms with van der Waals surface area (Å²) >= 11 is 0. The van der Waals surface area contributed by atoms with Crippen LogP contribution in [0.1, 0.15) is 24.0 Å². The van der Waals surface area contributed by atoms with Gasteiger partial charge in [0.05, 0.1) is 12.0 Å². The summed E-state index contributed by atoms with van der Waals surface area (Å²) in [6.07, 6.45) is 0. The predicted molar refractivity (Wildman–Crippen MR) is 45.2 cm³/mol. The molecule has 1 nitrogen and oxygen atoms in total. The third-order valence-electron chi connectivity index (χ3n) is 1.82. The molecular formula is C10H10FN. The molecule has 0 bridgehead atoms. The average molecular weight is 163 g/mol. The summed E-state index contributed by atoms with van der Waals surface area (Å²) in [5.74, 6) is -0.658. The van der Waals surface area contributed by atoms with E-state index in [-0.39, 0.29) is 11.7 Å². The van der Waals surface area contributed by atoms with Crippen LogP contribution in [0.3, 0.4) is 0 Å². The summed E-state index contributed by atoms with van der Waals surface area (Å²) in [6, 6.07) is 6.93. The van der Waals surface area contributed by atoms with Crippen LogP contribution in [0.25, 0.3) is 0 Å². The quantitative estimate of drug-likeness (QED) is 0.624. The molecular weight excluding hydrogens is 153 g/mol. The summed E-state index contributed by atoms with van der Waals surface area (Å²) in [5.41, 5.74) is 1.35. The second-order valence-electron chi connectivity index (χ2n) is 2.88. The number of halogens is 1. The molecule has 0 aliphatic heterocycles. The molecule has 1 aromatic carbocycles. The Labute approximate surface area is 71.4 Å². The molecule has 1 unspecified atom stereocenters. The summed E-state index contributed by atoms with van der Waals surface area (Å²) in [4.78, 5) is 0. The van der Waals surface area contributed by atoms with Crippen LogP contribution in [0.5, 0.6) is 0 Å². The van der Waals surface area contributed by atoms with Gasteiger partial charge in [-0.05, 0) is 25.5 Å². The molecule has 0 saturated carbocycles. The van der Waals surface area contributed by atoms with E-state index in [1.54, 1.807) is 13.0 Å². The predicted octanol–water partition coefficient (Wildman–Crippen LogP) is 2.76. The van der Waals surface area contributed by atoms with Crippen LogP contribution in [-0.4, -0.2) is 0 Å². The molecule has 0 amide bonds. The lowest BCUT2D eigenvalue weighted by atomic mass is 10.0. The Bertz CT molecular complexity index is 325. The Morgan fingerprint density at radius 3 is 2.67 bits per heavy atom. The van der Waals surface area contributed by atoms with Crippen LogP contribution in [0.15, 0.2) is 18.2 Å². The van der Waals surface area contributed by atoms with Gasteiger partial charge < -0.3 is 0 Å². The molecule has 62 valence electrons. The molecule has 1 atom stereocenters. The van der Waals surface area contributed by atoms with Gasteiger partial charge in [-0.25, -0.2) is 4.39 Å². The fourth-order valence-corrected chi connectivity index (χ4v) is 1.05. The Balaban J connectivity index is 3.11.